The van der Waals surface area contributed by atoms with Gasteiger partial charge in [0.15, 0.2) is 0 Å². The lowest BCUT2D eigenvalue weighted by Crippen LogP contribution is -2.43. The zero-order valence-corrected chi connectivity index (χ0v) is 10.7. The fourth-order valence-electron chi connectivity index (χ4n) is 3.17. The average Bonchev–Trinajstić information content (AvgIpc) is 2.95. The van der Waals surface area contributed by atoms with Crippen LogP contribution in [0.5, 0.6) is 11.5 Å². The number of nitrogens with two attached hydrogens (primary N) is 1. The van der Waals surface area contributed by atoms with E-state index in [2.05, 4.69) is 19.1 Å². The summed E-state index contributed by atoms with van der Waals surface area (Å²) >= 11 is 0. The number of ether oxygens (including phenoxy) is 2. The number of fused-ring (bicyclic) bond motifs is 2. The van der Waals surface area contributed by atoms with E-state index < -0.39 is 0 Å². The van der Waals surface area contributed by atoms with Crippen LogP contribution in [-0.2, 0) is 5.41 Å². The highest BCUT2D eigenvalue weighted by Crippen LogP contribution is 2.59. The van der Waals surface area contributed by atoms with Crippen LogP contribution in [0.25, 0.3) is 0 Å². The third-order valence-corrected chi connectivity index (χ3v) is 4.52. The molecule has 1 aliphatic heterocycles. The van der Waals surface area contributed by atoms with Crippen LogP contribution in [0.15, 0.2) is 12.1 Å². The Morgan fingerprint density at radius 2 is 2.11 bits per heavy atom. The maximum Gasteiger partial charge on any atom is 0.127 e. The van der Waals surface area contributed by atoms with Gasteiger partial charge in [0.05, 0.1) is 6.61 Å². The minimum atomic E-state index is 0.282. The monoisotopic (exact) mass is 245 g/mol. The highest BCUT2D eigenvalue weighted by Gasteiger charge is 2.53. The molecular formula is C15H19NO2. The fourth-order valence-corrected chi connectivity index (χ4v) is 3.17. The Bertz CT molecular complexity index is 501. The topological polar surface area (TPSA) is 44.5 Å². The van der Waals surface area contributed by atoms with Crippen LogP contribution in [0.1, 0.15) is 36.8 Å². The van der Waals surface area contributed by atoms with Crippen molar-refractivity contribution in [3.63, 3.8) is 0 Å². The molecule has 2 fully saturated rings. The van der Waals surface area contributed by atoms with E-state index in [1.165, 1.54) is 24.0 Å². The summed E-state index contributed by atoms with van der Waals surface area (Å²) in [6.07, 6.45) is 4.75. The fraction of sp³-hybridized carbons (Fsp3) is 0.600. The molecule has 0 unspecified atom stereocenters. The third kappa shape index (κ3) is 1.46. The summed E-state index contributed by atoms with van der Waals surface area (Å²) in [5, 5.41) is 0. The first-order valence-corrected chi connectivity index (χ1v) is 6.86. The highest BCUT2D eigenvalue weighted by atomic mass is 16.5. The van der Waals surface area contributed by atoms with E-state index in [1.54, 1.807) is 0 Å². The second kappa shape index (κ2) is 3.41. The lowest BCUT2D eigenvalue weighted by Gasteiger charge is -2.33. The molecule has 1 aromatic carbocycles. The molecule has 3 aliphatic rings. The predicted octanol–water partition coefficient (Wildman–Crippen LogP) is 2.29. The molecule has 1 spiro atoms. The SMILES string of the molecule is Cc1cc2c(c(OC3CC(N)C3)c1)C1(CC1)CO2. The van der Waals surface area contributed by atoms with Crippen LogP contribution < -0.4 is 15.2 Å². The number of hydrogen-bond donors (Lipinski definition) is 1. The molecule has 0 atom stereocenters. The molecule has 3 nitrogen and oxygen atoms in total. The maximum atomic E-state index is 6.16. The molecule has 0 saturated heterocycles. The first-order valence-electron chi connectivity index (χ1n) is 6.86. The van der Waals surface area contributed by atoms with Gasteiger partial charge in [-0.3, -0.25) is 0 Å². The van der Waals surface area contributed by atoms with Crippen molar-refractivity contribution in [2.45, 2.75) is 50.2 Å². The van der Waals surface area contributed by atoms with E-state index in [1.807, 2.05) is 0 Å². The molecule has 0 amide bonds. The number of rotatable bonds is 2. The Kier molecular flexibility index (Phi) is 2.03. The second-order valence-corrected chi connectivity index (χ2v) is 6.18. The molecule has 96 valence electrons. The summed E-state index contributed by atoms with van der Waals surface area (Å²) in [6, 6.07) is 4.64. The van der Waals surface area contributed by atoms with Crippen molar-refractivity contribution >= 4 is 0 Å². The van der Waals surface area contributed by atoms with E-state index >= 15 is 0 Å². The molecule has 4 rings (SSSR count). The summed E-state index contributed by atoms with van der Waals surface area (Å²) in [5.74, 6) is 2.10. The van der Waals surface area contributed by atoms with Crippen LogP contribution in [-0.4, -0.2) is 18.8 Å². The van der Waals surface area contributed by atoms with Crippen molar-refractivity contribution in [3.8, 4) is 11.5 Å². The van der Waals surface area contributed by atoms with Gasteiger partial charge >= 0.3 is 0 Å². The van der Waals surface area contributed by atoms with Gasteiger partial charge in [-0.1, -0.05) is 0 Å². The Morgan fingerprint density at radius 1 is 1.33 bits per heavy atom. The lowest BCUT2D eigenvalue weighted by molar-refractivity contribution is 0.0993. The van der Waals surface area contributed by atoms with Gasteiger partial charge in [0.25, 0.3) is 0 Å². The predicted molar refractivity (Wildman–Crippen MR) is 69.2 cm³/mol. The average molecular weight is 245 g/mol. The van der Waals surface area contributed by atoms with E-state index in [9.17, 15) is 0 Å². The van der Waals surface area contributed by atoms with Crippen molar-refractivity contribution in [1.29, 1.82) is 0 Å². The molecule has 1 heterocycles. The van der Waals surface area contributed by atoms with E-state index in [0.29, 0.717) is 12.1 Å². The first-order chi connectivity index (χ1) is 8.66. The van der Waals surface area contributed by atoms with Crippen molar-refractivity contribution in [2.75, 3.05) is 6.61 Å². The van der Waals surface area contributed by atoms with Gasteiger partial charge in [-0.15, -0.1) is 0 Å². The summed E-state index contributed by atoms with van der Waals surface area (Å²) in [5.41, 5.74) is 8.65. The molecule has 3 heteroatoms. The molecular weight excluding hydrogens is 226 g/mol. The zero-order valence-electron chi connectivity index (χ0n) is 10.7. The van der Waals surface area contributed by atoms with E-state index in [0.717, 1.165) is 30.9 Å². The first kappa shape index (κ1) is 10.7. The zero-order chi connectivity index (χ0) is 12.3. The van der Waals surface area contributed by atoms with Crippen molar-refractivity contribution in [1.82, 2.24) is 0 Å². The minimum Gasteiger partial charge on any atom is -0.492 e. The molecule has 2 aliphatic carbocycles. The summed E-state index contributed by atoms with van der Waals surface area (Å²) < 4.78 is 12.0. The van der Waals surface area contributed by atoms with E-state index in [4.69, 9.17) is 15.2 Å². The van der Waals surface area contributed by atoms with Crippen LogP contribution in [0.2, 0.25) is 0 Å². The van der Waals surface area contributed by atoms with Gasteiger partial charge < -0.3 is 15.2 Å². The van der Waals surface area contributed by atoms with E-state index in [-0.39, 0.29) is 5.41 Å². The molecule has 0 aromatic heterocycles. The molecule has 2 N–H and O–H groups in total. The Labute approximate surface area is 107 Å². The van der Waals surface area contributed by atoms with Crippen LogP contribution in [0.3, 0.4) is 0 Å². The largest absolute Gasteiger partial charge is 0.492 e. The molecule has 18 heavy (non-hydrogen) atoms. The Balaban J connectivity index is 1.69. The van der Waals surface area contributed by atoms with Gasteiger partial charge in [0.1, 0.15) is 17.6 Å². The van der Waals surface area contributed by atoms with Gasteiger partial charge in [-0.25, -0.2) is 0 Å². The smallest absolute Gasteiger partial charge is 0.127 e. The molecule has 0 radical (unpaired) electrons. The number of benzene rings is 1. The highest BCUT2D eigenvalue weighted by molar-refractivity contribution is 5.57. The van der Waals surface area contributed by atoms with Gasteiger partial charge in [0.2, 0.25) is 0 Å². The molecule has 1 aromatic rings. The quantitative estimate of drug-likeness (QED) is 0.869. The van der Waals surface area contributed by atoms with Crippen LogP contribution in [0, 0.1) is 6.92 Å². The molecule has 2 saturated carbocycles. The van der Waals surface area contributed by atoms with Gasteiger partial charge in [-0.05, 0) is 50.3 Å². The normalized spacial score (nSPS) is 30.6. The maximum absolute atomic E-state index is 6.16. The lowest BCUT2D eigenvalue weighted by atomic mass is 9.89. The summed E-state index contributed by atoms with van der Waals surface area (Å²) in [7, 11) is 0. The van der Waals surface area contributed by atoms with Crippen molar-refractivity contribution in [2.24, 2.45) is 5.73 Å². The standard InChI is InChI=1S/C15H19NO2/c1-9-4-12-14(15(2-3-15)8-17-12)13(5-9)18-11-6-10(16)7-11/h4-5,10-11H,2-3,6-8,16H2,1H3. The summed E-state index contributed by atoms with van der Waals surface area (Å²) in [4.78, 5) is 0. The van der Waals surface area contributed by atoms with Crippen LogP contribution in [0.4, 0.5) is 0 Å². The van der Waals surface area contributed by atoms with Gasteiger partial charge in [0, 0.05) is 17.0 Å². The van der Waals surface area contributed by atoms with Gasteiger partial charge in [-0.2, -0.15) is 0 Å². The second-order valence-electron chi connectivity index (χ2n) is 6.18. The molecule has 0 bridgehead atoms. The third-order valence-electron chi connectivity index (χ3n) is 4.52. The van der Waals surface area contributed by atoms with Crippen molar-refractivity contribution in [3.05, 3.63) is 23.3 Å². The Hall–Kier alpha value is -1.22. The number of hydrogen-bond acceptors (Lipinski definition) is 3. The van der Waals surface area contributed by atoms with Crippen molar-refractivity contribution < 1.29 is 9.47 Å². The summed E-state index contributed by atoms with van der Waals surface area (Å²) in [6.45, 7) is 2.94. The van der Waals surface area contributed by atoms with Crippen LogP contribution >= 0.6 is 0 Å². The minimum absolute atomic E-state index is 0.282. The number of aryl methyl sites for hydroxylation is 1. The Morgan fingerprint density at radius 3 is 2.78 bits per heavy atom.